The molecular formula is C15H15NO3S. The largest absolute Gasteiger partial charge is 0.497 e. The Hall–Kier alpha value is -2.01. The number of thioether (sulfide) groups is 1. The number of hydrogen-bond donors (Lipinski definition) is 0. The standard InChI is InChI=1S/C15H15NO3S/c1-3-16-14(17)13(20-15(16)18)6-4-5-11-7-9-12(19-2)10-8-11/h4-10H,3H2,1-2H3/b5-4+,13-6-. The molecule has 2 amide bonds. The molecule has 0 bridgehead atoms. The van der Waals surface area contributed by atoms with Gasteiger partial charge >= 0.3 is 0 Å². The van der Waals surface area contributed by atoms with E-state index in [-0.39, 0.29) is 11.1 Å². The van der Waals surface area contributed by atoms with Crippen molar-refractivity contribution in [3.63, 3.8) is 0 Å². The minimum atomic E-state index is -0.220. The van der Waals surface area contributed by atoms with Crippen LogP contribution in [0.25, 0.3) is 6.08 Å². The second kappa shape index (κ2) is 6.43. The lowest BCUT2D eigenvalue weighted by Gasteiger charge is -2.06. The zero-order valence-corrected chi connectivity index (χ0v) is 12.1. The van der Waals surface area contributed by atoms with E-state index >= 15 is 0 Å². The van der Waals surface area contributed by atoms with Crippen molar-refractivity contribution in [2.24, 2.45) is 0 Å². The molecule has 0 atom stereocenters. The van der Waals surface area contributed by atoms with Gasteiger partial charge in [0.05, 0.1) is 12.0 Å². The van der Waals surface area contributed by atoms with Gasteiger partial charge in [0, 0.05) is 6.54 Å². The third-order valence-corrected chi connectivity index (χ3v) is 3.77. The van der Waals surface area contributed by atoms with Gasteiger partial charge in [0.2, 0.25) is 0 Å². The molecule has 0 radical (unpaired) electrons. The maximum Gasteiger partial charge on any atom is 0.293 e. The van der Waals surface area contributed by atoms with E-state index < -0.39 is 0 Å². The maximum atomic E-state index is 11.8. The summed E-state index contributed by atoms with van der Waals surface area (Å²) in [5, 5.41) is -0.207. The molecule has 1 aliphatic rings. The topological polar surface area (TPSA) is 46.6 Å². The molecule has 0 aliphatic carbocycles. The van der Waals surface area contributed by atoms with E-state index in [1.807, 2.05) is 30.3 Å². The highest BCUT2D eigenvalue weighted by molar-refractivity contribution is 8.18. The van der Waals surface area contributed by atoms with Gasteiger partial charge in [-0.25, -0.2) is 0 Å². The van der Waals surface area contributed by atoms with Crippen molar-refractivity contribution in [2.45, 2.75) is 6.92 Å². The quantitative estimate of drug-likeness (QED) is 0.798. The molecule has 1 heterocycles. The van der Waals surface area contributed by atoms with Crippen molar-refractivity contribution in [1.29, 1.82) is 0 Å². The first-order valence-electron chi connectivity index (χ1n) is 6.21. The molecule has 0 spiro atoms. The average Bonchev–Trinajstić information content (AvgIpc) is 2.74. The lowest BCUT2D eigenvalue weighted by Crippen LogP contribution is -2.27. The normalized spacial score (nSPS) is 17.5. The SMILES string of the molecule is CCN1C(=O)S/C(=C\C=C\c2ccc(OC)cc2)C1=O. The van der Waals surface area contributed by atoms with Crippen LogP contribution in [0.15, 0.2) is 41.3 Å². The minimum absolute atomic E-state index is 0.207. The summed E-state index contributed by atoms with van der Waals surface area (Å²) in [6, 6.07) is 7.57. The Kier molecular flexibility index (Phi) is 4.63. The Morgan fingerprint density at radius 2 is 1.95 bits per heavy atom. The van der Waals surface area contributed by atoms with E-state index in [4.69, 9.17) is 4.74 Å². The average molecular weight is 289 g/mol. The predicted octanol–water partition coefficient (Wildman–Crippen LogP) is 3.31. The Morgan fingerprint density at radius 3 is 2.50 bits per heavy atom. The molecule has 1 saturated heterocycles. The molecule has 20 heavy (non-hydrogen) atoms. The molecular weight excluding hydrogens is 274 g/mol. The Labute approximate surface area is 122 Å². The van der Waals surface area contributed by atoms with E-state index in [1.54, 1.807) is 26.2 Å². The first kappa shape index (κ1) is 14.4. The van der Waals surface area contributed by atoms with Crippen molar-refractivity contribution < 1.29 is 14.3 Å². The van der Waals surface area contributed by atoms with E-state index in [2.05, 4.69) is 0 Å². The van der Waals surface area contributed by atoms with Crippen LogP contribution >= 0.6 is 11.8 Å². The van der Waals surface area contributed by atoms with Crippen LogP contribution in [0.2, 0.25) is 0 Å². The molecule has 0 saturated carbocycles. The number of rotatable bonds is 4. The Bertz CT molecular complexity index is 575. The van der Waals surface area contributed by atoms with E-state index in [0.717, 1.165) is 23.1 Å². The first-order valence-corrected chi connectivity index (χ1v) is 7.03. The van der Waals surface area contributed by atoms with Gasteiger partial charge in [0.25, 0.3) is 11.1 Å². The van der Waals surface area contributed by atoms with Crippen LogP contribution in [0, 0.1) is 0 Å². The molecule has 0 unspecified atom stereocenters. The molecule has 0 aromatic heterocycles. The molecule has 4 nitrogen and oxygen atoms in total. The number of ether oxygens (including phenoxy) is 1. The maximum absolute atomic E-state index is 11.8. The second-order valence-corrected chi connectivity index (χ2v) is 5.07. The fourth-order valence-electron chi connectivity index (χ4n) is 1.75. The van der Waals surface area contributed by atoms with Gasteiger partial charge in [-0.05, 0) is 42.5 Å². The van der Waals surface area contributed by atoms with E-state index in [0.29, 0.717) is 11.4 Å². The van der Waals surface area contributed by atoms with Crippen molar-refractivity contribution >= 4 is 29.0 Å². The number of carbonyl (C=O) groups excluding carboxylic acids is 2. The monoisotopic (exact) mass is 289 g/mol. The van der Waals surface area contributed by atoms with Crippen LogP contribution in [0.1, 0.15) is 12.5 Å². The molecule has 1 fully saturated rings. The van der Waals surface area contributed by atoms with Gasteiger partial charge in [-0.2, -0.15) is 0 Å². The first-order chi connectivity index (χ1) is 9.65. The summed E-state index contributed by atoms with van der Waals surface area (Å²) < 4.78 is 5.08. The number of methoxy groups -OCH3 is 1. The van der Waals surface area contributed by atoms with Crippen LogP contribution in [0.3, 0.4) is 0 Å². The molecule has 1 aromatic carbocycles. The zero-order valence-electron chi connectivity index (χ0n) is 11.3. The van der Waals surface area contributed by atoms with Gasteiger partial charge in [-0.3, -0.25) is 14.5 Å². The van der Waals surface area contributed by atoms with Gasteiger partial charge in [-0.15, -0.1) is 0 Å². The zero-order chi connectivity index (χ0) is 14.5. The van der Waals surface area contributed by atoms with Crippen LogP contribution in [-0.4, -0.2) is 29.7 Å². The highest BCUT2D eigenvalue weighted by atomic mass is 32.2. The number of allylic oxidation sites excluding steroid dienone is 2. The van der Waals surface area contributed by atoms with Crippen LogP contribution in [0.4, 0.5) is 4.79 Å². The summed E-state index contributed by atoms with van der Waals surface area (Å²) in [6.45, 7) is 2.19. The molecule has 0 N–H and O–H groups in total. The summed E-state index contributed by atoms with van der Waals surface area (Å²) >= 11 is 0.975. The number of benzene rings is 1. The molecule has 1 aliphatic heterocycles. The number of likely N-dealkylation sites (N-methyl/N-ethyl adjacent to an activating group) is 1. The Balaban J connectivity index is 2.07. The molecule has 5 heteroatoms. The summed E-state index contributed by atoms with van der Waals surface area (Å²) in [5.41, 5.74) is 0.997. The van der Waals surface area contributed by atoms with E-state index in [1.165, 1.54) is 4.90 Å². The summed E-state index contributed by atoms with van der Waals surface area (Å²) in [7, 11) is 1.62. The third kappa shape index (κ3) is 3.11. The number of hydrogen-bond acceptors (Lipinski definition) is 4. The number of carbonyl (C=O) groups is 2. The summed E-state index contributed by atoms with van der Waals surface area (Å²) in [5.74, 6) is 0.577. The van der Waals surface area contributed by atoms with Crippen molar-refractivity contribution in [1.82, 2.24) is 4.90 Å². The van der Waals surface area contributed by atoms with Gasteiger partial charge in [-0.1, -0.05) is 24.3 Å². The number of amides is 2. The highest BCUT2D eigenvalue weighted by Gasteiger charge is 2.33. The van der Waals surface area contributed by atoms with Crippen molar-refractivity contribution in [3.05, 3.63) is 46.9 Å². The molecule has 1 aromatic rings. The van der Waals surface area contributed by atoms with Crippen LogP contribution < -0.4 is 4.74 Å². The Morgan fingerprint density at radius 1 is 1.25 bits per heavy atom. The van der Waals surface area contributed by atoms with Gasteiger partial charge in [0.1, 0.15) is 5.75 Å². The summed E-state index contributed by atoms with van der Waals surface area (Å²) in [6.07, 6.45) is 5.32. The van der Waals surface area contributed by atoms with Gasteiger partial charge < -0.3 is 4.74 Å². The van der Waals surface area contributed by atoms with Crippen LogP contribution in [0.5, 0.6) is 5.75 Å². The van der Waals surface area contributed by atoms with Crippen LogP contribution in [-0.2, 0) is 4.79 Å². The predicted molar refractivity (Wildman–Crippen MR) is 80.5 cm³/mol. The molecule has 104 valence electrons. The van der Waals surface area contributed by atoms with Crippen molar-refractivity contribution in [2.75, 3.05) is 13.7 Å². The van der Waals surface area contributed by atoms with Crippen molar-refractivity contribution in [3.8, 4) is 5.75 Å². The number of nitrogens with zero attached hydrogens (tertiary/aromatic N) is 1. The lowest BCUT2D eigenvalue weighted by molar-refractivity contribution is -0.122. The van der Waals surface area contributed by atoms with E-state index in [9.17, 15) is 9.59 Å². The minimum Gasteiger partial charge on any atom is -0.497 e. The molecule has 2 rings (SSSR count). The number of imide groups is 1. The fraction of sp³-hybridized carbons (Fsp3) is 0.200. The van der Waals surface area contributed by atoms with Gasteiger partial charge in [0.15, 0.2) is 0 Å². The fourth-order valence-corrected chi connectivity index (χ4v) is 2.60. The highest BCUT2D eigenvalue weighted by Crippen LogP contribution is 2.30. The third-order valence-electron chi connectivity index (χ3n) is 2.84. The smallest absolute Gasteiger partial charge is 0.293 e. The summed E-state index contributed by atoms with van der Waals surface area (Å²) in [4.78, 5) is 25.1. The lowest BCUT2D eigenvalue weighted by atomic mass is 10.2. The second-order valence-electron chi connectivity index (χ2n) is 4.08.